The van der Waals surface area contributed by atoms with Crippen LogP contribution in [0.15, 0.2) is 0 Å². The van der Waals surface area contributed by atoms with Gasteiger partial charge in [0.25, 0.3) is 0 Å². The molecule has 10 atom stereocenters. The lowest BCUT2D eigenvalue weighted by atomic mass is 9.41. The van der Waals surface area contributed by atoms with Crippen LogP contribution in [0, 0.1) is 50.7 Å². The van der Waals surface area contributed by atoms with Gasteiger partial charge in [-0.15, -0.1) is 0 Å². The molecule has 5 aliphatic carbocycles. The zero-order valence-electron chi connectivity index (χ0n) is 26.3. The first-order chi connectivity index (χ1) is 17.9. The van der Waals surface area contributed by atoms with E-state index in [1.54, 1.807) is 20.8 Å². The van der Waals surface area contributed by atoms with Gasteiger partial charge in [-0.1, -0.05) is 34.6 Å². The minimum Gasteiger partial charge on any atom is -0.462 e. The number of aliphatic hydroxyl groups is 1. The average molecular weight is 545 g/mol. The van der Waals surface area contributed by atoms with E-state index in [1.807, 2.05) is 0 Å². The molecule has 0 aromatic rings. The van der Waals surface area contributed by atoms with E-state index in [9.17, 15) is 14.7 Å². The molecule has 0 radical (unpaired) electrons. The van der Waals surface area contributed by atoms with Crippen molar-refractivity contribution in [2.24, 2.45) is 50.7 Å². The van der Waals surface area contributed by atoms with Crippen LogP contribution in [0.2, 0.25) is 0 Å². The van der Waals surface area contributed by atoms with Gasteiger partial charge in [-0.25, -0.2) is 0 Å². The summed E-state index contributed by atoms with van der Waals surface area (Å²) in [6.45, 7) is 19.0. The highest BCUT2D eigenvalue weighted by atomic mass is 16.6. The maximum absolute atomic E-state index is 11.9. The Kier molecular flexibility index (Phi) is 6.93. The van der Waals surface area contributed by atoms with Crippen molar-refractivity contribution in [3.8, 4) is 0 Å². The zero-order chi connectivity index (χ0) is 28.8. The third kappa shape index (κ3) is 4.16. The molecular formula is C34H56O5. The highest BCUT2D eigenvalue weighted by Gasteiger charge is 2.82. The van der Waals surface area contributed by atoms with Crippen LogP contribution in [0.3, 0.4) is 0 Å². The van der Waals surface area contributed by atoms with Crippen LogP contribution in [0.4, 0.5) is 0 Å². The molecule has 5 fully saturated rings. The van der Waals surface area contributed by atoms with Gasteiger partial charge in [0.05, 0.1) is 5.60 Å². The normalized spacial score (nSPS) is 45.6. The van der Waals surface area contributed by atoms with Crippen LogP contribution in [0.5, 0.6) is 0 Å². The van der Waals surface area contributed by atoms with Gasteiger partial charge < -0.3 is 14.6 Å². The standard InChI is InChI=1S/C34H56O5/c1-21(10-13-28(30(6,7)37)39-23(3)36)24-14-16-32(9)26-12-11-25-29(4,5)27(38-22(2)35)15-17-33(25)20-34(26,33)19-18-31(24,32)8/h21,24-28,37H,10-20H2,1-9H3/t21-,24-,25+,26+,27+,28+,31-,32+,33-,34+/m1/s1. The van der Waals surface area contributed by atoms with Crippen molar-refractivity contribution in [3.05, 3.63) is 0 Å². The lowest BCUT2D eigenvalue weighted by Crippen LogP contribution is -2.58. The lowest BCUT2D eigenvalue weighted by Gasteiger charge is -2.63. The van der Waals surface area contributed by atoms with Gasteiger partial charge >= 0.3 is 11.9 Å². The fraction of sp³-hybridized carbons (Fsp3) is 0.941. The topological polar surface area (TPSA) is 72.8 Å². The molecule has 5 nitrogen and oxygen atoms in total. The first-order valence-electron chi connectivity index (χ1n) is 16.0. The van der Waals surface area contributed by atoms with Crippen LogP contribution in [-0.4, -0.2) is 34.9 Å². The fourth-order valence-electron chi connectivity index (χ4n) is 12.1. The van der Waals surface area contributed by atoms with E-state index in [1.165, 1.54) is 58.3 Å². The number of esters is 2. The van der Waals surface area contributed by atoms with Crippen molar-refractivity contribution in [1.29, 1.82) is 0 Å². The van der Waals surface area contributed by atoms with Crippen LogP contribution in [0.25, 0.3) is 0 Å². The molecule has 0 aliphatic heterocycles. The van der Waals surface area contributed by atoms with Gasteiger partial charge in [-0.3, -0.25) is 9.59 Å². The molecule has 2 spiro atoms. The minimum absolute atomic E-state index is 0.0474. The minimum atomic E-state index is -1.03. The van der Waals surface area contributed by atoms with E-state index in [4.69, 9.17) is 9.47 Å². The number of carbonyl (C=O) groups is 2. The largest absolute Gasteiger partial charge is 0.462 e. The highest BCUT2D eigenvalue weighted by molar-refractivity contribution is 5.66. The maximum atomic E-state index is 11.9. The molecule has 39 heavy (non-hydrogen) atoms. The van der Waals surface area contributed by atoms with Crippen molar-refractivity contribution < 1.29 is 24.2 Å². The number of ether oxygens (including phenoxy) is 2. The summed E-state index contributed by atoms with van der Waals surface area (Å²) in [4.78, 5) is 23.6. The van der Waals surface area contributed by atoms with Crippen molar-refractivity contribution in [1.82, 2.24) is 0 Å². The SMILES string of the molecule is CC(=O)O[C@@H](CC[C@@H](C)[C@H]1CC[C@@]2(C)[C@@H]3CC[C@H]4C(C)(C)[C@@H](OC(C)=O)CC[C@@]45C[C@@]35CC[C@]12C)C(C)(C)O. The Morgan fingerprint density at radius 2 is 1.49 bits per heavy atom. The van der Waals surface area contributed by atoms with Crippen LogP contribution < -0.4 is 0 Å². The van der Waals surface area contributed by atoms with Crippen molar-refractivity contribution in [3.63, 3.8) is 0 Å². The van der Waals surface area contributed by atoms with E-state index in [0.717, 1.165) is 18.8 Å². The van der Waals surface area contributed by atoms with Crippen LogP contribution in [-0.2, 0) is 19.1 Å². The molecule has 0 aromatic heterocycles. The molecule has 5 saturated carbocycles. The third-order valence-electron chi connectivity index (χ3n) is 14.1. The van der Waals surface area contributed by atoms with E-state index < -0.39 is 11.7 Å². The first kappa shape index (κ1) is 29.4. The van der Waals surface area contributed by atoms with E-state index in [2.05, 4.69) is 34.6 Å². The summed E-state index contributed by atoms with van der Waals surface area (Å²) in [5.74, 6) is 2.22. The van der Waals surface area contributed by atoms with Gasteiger partial charge in [0.15, 0.2) is 0 Å². The average Bonchev–Trinajstić information content (AvgIpc) is 3.39. The second kappa shape index (κ2) is 9.20. The lowest BCUT2D eigenvalue weighted by molar-refractivity contribution is -0.181. The molecule has 5 aliphatic rings. The molecule has 0 amide bonds. The second-order valence-electron chi connectivity index (χ2n) is 16.4. The first-order valence-corrected chi connectivity index (χ1v) is 16.0. The molecule has 0 unspecified atom stereocenters. The van der Waals surface area contributed by atoms with Gasteiger partial charge in [0, 0.05) is 19.3 Å². The summed E-state index contributed by atoms with van der Waals surface area (Å²) >= 11 is 0. The Bertz CT molecular complexity index is 996. The molecule has 5 rings (SSSR count). The van der Waals surface area contributed by atoms with E-state index in [-0.39, 0.29) is 23.5 Å². The predicted octanol–water partition coefficient (Wildman–Crippen LogP) is 7.48. The molecular weight excluding hydrogens is 488 g/mol. The molecule has 222 valence electrons. The monoisotopic (exact) mass is 544 g/mol. The number of hydrogen-bond donors (Lipinski definition) is 1. The molecule has 0 saturated heterocycles. The summed E-state index contributed by atoms with van der Waals surface area (Å²) in [6, 6.07) is 0. The third-order valence-corrected chi connectivity index (χ3v) is 14.1. The highest BCUT2D eigenvalue weighted by Crippen LogP contribution is 2.89. The Morgan fingerprint density at radius 3 is 2.10 bits per heavy atom. The Morgan fingerprint density at radius 1 is 0.846 bits per heavy atom. The van der Waals surface area contributed by atoms with Gasteiger partial charge in [-0.2, -0.15) is 0 Å². The summed E-state index contributed by atoms with van der Waals surface area (Å²) < 4.78 is 11.4. The summed E-state index contributed by atoms with van der Waals surface area (Å²) in [5.41, 5.74) is 0.649. The predicted molar refractivity (Wildman–Crippen MR) is 153 cm³/mol. The van der Waals surface area contributed by atoms with Gasteiger partial charge in [-0.05, 0) is 130 Å². The molecule has 0 aromatic carbocycles. The smallest absolute Gasteiger partial charge is 0.303 e. The molecule has 5 heteroatoms. The molecule has 1 N–H and O–H groups in total. The Labute approximate surface area is 237 Å². The van der Waals surface area contributed by atoms with E-state index in [0.29, 0.717) is 45.8 Å². The van der Waals surface area contributed by atoms with Crippen LogP contribution in [0.1, 0.15) is 133 Å². The van der Waals surface area contributed by atoms with Gasteiger partial charge in [0.1, 0.15) is 12.2 Å². The maximum Gasteiger partial charge on any atom is 0.303 e. The van der Waals surface area contributed by atoms with Crippen molar-refractivity contribution in [2.45, 2.75) is 151 Å². The van der Waals surface area contributed by atoms with E-state index >= 15 is 0 Å². The number of hydrogen-bond acceptors (Lipinski definition) is 5. The zero-order valence-corrected chi connectivity index (χ0v) is 26.3. The summed E-state index contributed by atoms with van der Waals surface area (Å²) in [6.07, 6.45) is 12.8. The second-order valence-corrected chi connectivity index (χ2v) is 16.4. The quantitative estimate of drug-likeness (QED) is 0.336. The molecule has 0 bridgehead atoms. The Balaban J connectivity index is 1.33. The Hall–Kier alpha value is -1.10. The van der Waals surface area contributed by atoms with Crippen molar-refractivity contribution in [2.75, 3.05) is 0 Å². The number of fused-ring (bicyclic) bond motifs is 2. The van der Waals surface area contributed by atoms with Crippen molar-refractivity contribution >= 4 is 11.9 Å². The number of carbonyl (C=O) groups excluding carboxylic acids is 2. The van der Waals surface area contributed by atoms with Crippen LogP contribution >= 0.6 is 0 Å². The summed E-state index contributed by atoms with van der Waals surface area (Å²) in [5, 5.41) is 10.6. The van der Waals surface area contributed by atoms with Gasteiger partial charge in [0.2, 0.25) is 0 Å². The summed E-state index contributed by atoms with van der Waals surface area (Å²) in [7, 11) is 0. The number of rotatable bonds is 7. The molecule has 0 heterocycles. The fourth-order valence-corrected chi connectivity index (χ4v) is 12.1.